The molecule has 0 saturated heterocycles. The number of sulfonamides is 1. The van der Waals surface area contributed by atoms with Crippen LogP contribution in [0.2, 0.25) is 0 Å². The second kappa shape index (κ2) is 7.80. The third-order valence-corrected chi connectivity index (χ3v) is 7.09. The van der Waals surface area contributed by atoms with Crippen LogP contribution in [0.25, 0.3) is 0 Å². The number of anilines is 1. The highest BCUT2D eigenvalue weighted by Gasteiger charge is 2.23. The molecule has 2 aromatic rings. The molecule has 0 aliphatic heterocycles. The molecule has 0 spiro atoms. The number of nitrogens with zero attached hydrogens (tertiary/aromatic N) is 1. The van der Waals surface area contributed by atoms with Gasteiger partial charge in [-0.2, -0.15) is 0 Å². The van der Waals surface area contributed by atoms with E-state index in [0.717, 1.165) is 33.5 Å². The van der Waals surface area contributed by atoms with E-state index < -0.39 is 10.0 Å². The highest BCUT2D eigenvalue weighted by atomic mass is 32.2. The Balaban J connectivity index is 2.17. The van der Waals surface area contributed by atoms with Gasteiger partial charge in [0.25, 0.3) is 0 Å². The Labute approximate surface area is 158 Å². The summed E-state index contributed by atoms with van der Waals surface area (Å²) >= 11 is 0. The van der Waals surface area contributed by atoms with Gasteiger partial charge in [0, 0.05) is 26.3 Å². The zero-order valence-electron chi connectivity index (χ0n) is 16.9. The van der Waals surface area contributed by atoms with Crippen molar-refractivity contribution in [3.8, 4) is 0 Å². The van der Waals surface area contributed by atoms with Gasteiger partial charge in [0.15, 0.2) is 0 Å². The normalized spacial score (nSPS) is 11.7. The molecular formula is C21H30N2O2S. The molecule has 0 unspecified atom stereocenters. The van der Waals surface area contributed by atoms with Gasteiger partial charge < -0.3 is 4.90 Å². The highest BCUT2D eigenvalue weighted by molar-refractivity contribution is 7.89. The lowest BCUT2D eigenvalue weighted by molar-refractivity contribution is 0.580. The van der Waals surface area contributed by atoms with Crippen LogP contribution in [0.1, 0.15) is 33.4 Å². The molecule has 0 atom stereocenters. The number of hydrogen-bond acceptors (Lipinski definition) is 3. The molecule has 4 nitrogen and oxygen atoms in total. The first-order valence-electron chi connectivity index (χ1n) is 8.89. The maximum atomic E-state index is 12.9. The predicted octanol–water partition coefficient (Wildman–Crippen LogP) is 3.82. The van der Waals surface area contributed by atoms with E-state index in [4.69, 9.17) is 0 Å². The second-order valence-corrected chi connectivity index (χ2v) is 8.87. The Hall–Kier alpha value is -1.85. The molecule has 2 rings (SSSR count). The van der Waals surface area contributed by atoms with Crippen molar-refractivity contribution in [2.75, 3.05) is 25.5 Å². The van der Waals surface area contributed by atoms with Crippen molar-refractivity contribution in [1.82, 2.24) is 4.72 Å². The first-order valence-corrected chi connectivity index (χ1v) is 10.4. The molecule has 0 bridgehead atoms. The molecule has 0 amide bonds. The molecule has 0 radical (unpaired) electrons. The first-order chi connectivity index (χ1) is 12.1. The van der Waals surface area contributed by atoms with Gasteiger partial charge in [0.05, 0.1) is 4.90 Å². The summed E-state index contributed by atoms with van der Waals surface area (Å²) in [5, 5.41) is 0. The fourth-order valence-corrected chi connectivity index (χ4v) is 4.86. The van der Waals surface area contributed by atoms with Crippen LogP contribution in [0.15, 0.2) is 29.2 Å². The molecule has 0 aromatic heterocycles. The number of hydrogen-bond donors (Lipinski definition) is 1. The second-order valence-electron chi connectivity index (χ2n) is 7.16. The number of rotatable bonds is 6. The zero-order chi connectivity index (χ0) is 19.6. The van der Waals surface area contributed by atoms with E-state index >= 15 is 0 Å². The zero-order valence-corrected chi connectivity index (χ0v) is 17.7. The van der Waals surface area contributed by atoms with Gasteiger partial charge in [0.1, 0.15) is 0 Å². The van der Waals surface area contributed by atoms with E-state index in [-0.39, 0.29) is 0 Å². The van der Waals surface area contributed by atoms with Crippen molar-refractivity contribution < 1.29 is 8.42 Å². The monoisotopic (exact) mass is 374 g/mol. The van der Waals surface area contributed by atoms with Gasteiger partial charge in [-0.25, -0.2) is 13.1 Å². The fraction of sp³-hybridized carbons (Fsp3) is 0.429. The third-order valence-electron chi connectivity index (χ3n) is 5.36. The molecule has 0 heterocycles. The molecule has 0 aliphatic carbocycles. The minimum Gasteiger partial charge on any atom is -0.378 e. The Morgan fingerprint density at radius 2 is 1.27 bits per heavy atom. The summed E-state index contributed by atoms with van der Waals surface area (Å²) in [6, 6.07) is 8.18. The maximum absolute atomic E-state index is 12.9. The molecule has 1 N–H and O–H groups in total. The van der Waals surface area contributed by atoms with Crippen LogP contribution in [-0.2, 0) is 16.4 Å². The van der Waals surface area contributed by atoms with E-state index in [1.165, 1.54) is 5.56 Å². The van der Waals surface area contributed by atoms with Crippen molar-refractivity contribution in [2.45, 2.75) is 45.9 Å². The minimum atomic E-state index is -3.53. The summed E-state index contributed by atoms with van der Waals surface area (Å²) < 4.78 is 28.6. The maximum Gasteiger partial charge on any atom is 0.241 e. The predicted molar refractivity (Wildman–Crippen MR) is 110 cm³/mol. The molecular weight excluding hydrogens is 344 g/mol. The SMILES string of the molecule is Cc1c(C)c(C)c(S(=O)(=O)NCCc2ccc(N(C)C)cc2)c(C)c1C. The van der Waals surface area contributed by atoms with E-state index in [2.05, 4.69) is 4.72 Å². The van der Waals surface area contributed by atoms with Gasteiger partial charge in [-0.1, -0.05) is 12.1 Å². The van der Waals surface area contributed by atoms with Crippen molar-refractivity contribution in [3.63, 3.8) is 0 Å². The quantitative estimate of drug-likeness (QED) is 0.836. The van der Waals surface area contributed by atoms with Crippen LogP contribution < -0.4 is 9.62 Å². The topological polar surface area (TPSA) is 49.4 Å². The summed E-state index contributed by atoms with van der Waals surface area (Å²) in [5.74, 6) is 0. The van der Waals surface area contributed by atoms with Crippen molar-refractivity contribution in [2.24, 2.45) is 0 Å². The Bertz CT molecular complexity index is 870. The summed E-state index contributed by atoms with van der Waals surface area (Å²) in [5.41, 5.74) is 7.19. The average molecular weight is 375 g/mol. The largest absolute Gasteiger partial charge is 0.378 e. The molecule has 0 fully saturated rings. The lowest BCUT2D eigenvalue weighted by atomic mass is 9.95. The number of benzene rings is 2. The van der Waals surface area contributed by atoms with E-state index in [1.807, 2.05) is 77.9 Å². The standard InChI is InChI=1S/C21H30N2O2S/c1-14-15(2)17(4)21(18(5)16(14)3)26(24,25)22-13-12-19-8-10-20(11-9-19)23(6)7/h8-11,22H,12-13H2,1-7H3. The van der Waals surface area contributed by atoms with Crippen molar-refractivity contribution in [3.05, 3.63) is 57.6 Å². The van der Waals surface area contributed by atoms with Crippen molar-refractivity contribution >= 4 is 15.7 Å². The highest BCUT2D eigenvalue weighted by Crippen LogP contribution is 2.29. The molecule has 26 heavy (non-hydrogen) atoms. The Morgan fingerprint density at radius 3 is 1.73 bits per heavy atom. The van der Waals surface area contributed by atoms with Gasteiger partial charge in [-0.3, -0.25) is 0 Å². The first kappa shape index (κ1) is 20.5. The summed E-state index contributed by atoms with van der Waals surface area (Å²) in [6.45, 7) is 10.2. The molecule has 0 saturated carbocycles. The number of nitrogens with one attached hydrogen (secondary N) is 1. The summed E-state index contributed by atoms with van der Waals surface area (Å²) in [6.07, 6.45) is 0.662. The van der Waals surface area contributed by atoms with Crippen LogP contribution >= 0.6 is 0 Å². The smallest absolute Gasteiger partial charge is 0.241 e. The lowest BCUT2D eigenvalue weighted by Gasteiger charge is -2.19. The fourth-order valence-electron chi connectivity index (χ4n) is 3.23. The van der Waals surface area contributed by atoms with Gasteiger partial charge in [0.2, 0.25) is 10.0 Å². The van der Waals surface area contributed by atoms with Crippen LogP contribution in [0.4, 0.5) is 5.69 Å². The molecule has 0 aliphatic rings. The van der Waals surface area contributed by atoms with Crippen molar-refractivity contribution in [1.29, 1.82) is 0 Å². The van der Waals surface area contributed by atoms with Gasteiger partial charge in [-0.15, -0.1) is 0 Å². The van der Waals surface area contributed by atoms with Crippen LogP contribution in [-0.4, -0.2) is 29.1 Å². The summed E-state index contributed by atoms with van der Waals surface area (Å²) in [7, 11) is 0.465. The third kappa shape index (κ3) is 4.10. The summed E-state index contributed by atoms with van der Waals surface area (Å²) in [4.78, 5) is 2.47. The van der Waals surface area contributed by atoms with E-state index in [9.17, 15) is 8.42 Å². The minimum absolute atomic E-state index is 0.383. The van der Waals surface area contributed by atoms with Crippen LogP contribution in [0.3, 0.4) is 0 Å². The Kier molecular flexibility index (Phi) is 6.14. The van der Waals surface area contributed by atoms with Gasteiger partial charge in [-0.05, 0) is 86.6 Å². The molecule has 2 aromatic carbocycles. The van der Waals surface area contributed by atoms with Gasteiger partial charge >= 0.3 is 0 Å². The molecule has 5 heteroatoms. The Morgan fingerprint density at radius 1 is 0.808 bits per heavy atom. The van der Waals surface area contributed by atoms with Crippen LogP contribution in [0, 0.1) is 34.6 Å². The van der Waals surface area contributed by atoms with Crippen LogP contribution in [0.5, 0.6) is 0 Å². The average Bonchev–Trinajstić information content (AvgIpc) is 2.58. The van der Waals surface area contributed by atoms with E-state index in [1.54, 1.807) is 0 Å². The lowest BCUT2D eigenvalue weighted by Crippen LogP contribution is -2.28. The molecule has 142 valence electrons. The van der Waals surface area contributed by atoms with E-state index in [0.29, 0.717) is 17.9 Å².